The van der Waals surface area contributed by atoms with E-state index in [-0.39, 0.29) is 24.1 Å². The Hall–Kier alpha value is -2.85. The molecule has 27 heavy (non-hydrogen) atoms. The highest BCUT2D eigenvalue weighted by Gasteiger charge is 2.20. The van der Waals surface area contributed by atoms with Crippen molar-refractivity contribution in [3.05, 3.63) is 54.2 Å². The number of nitriles is 1. The summed E-state index contributed by atoms with van der Waals surface area (Å²) in [6.07, 6.45) is 3.67. The molecule has 6 nitrogen and oxygen atoms in total. The summed E-state index contributed by atoms with van der Waals surface area (Å²) >= 11 is 1.29. The maximum Gasteiger partial charge on any atom is 0.255 e. The minimum absolute atomic E-state index is 0.000109. The molecular weight excluding hydrogens is 360 g/mol. The van der Waals surface area contributed by atoms with Crippen molar-refractivity contribution in [3.63, 3.8) is 0 Å². The van der Waals surface area contributed by atoms with Gasteiger partial charge >= 0.3 is 0 Å². The van der Waals surface area contributed by atoms with Crippen LogP contribution in [0, 0.1) is 11.3 Å². The monoisotopic (exact) mass is 380 g/mol. The number of hydrogen-bond acceptors (Lipinski definition) is 5. The van der Waals surface area contributed by atoms with Gasteiger partial charge in [0.15, 0.2) is 0 Å². The number of nitrogens with zero attached hydrogens (tertiary/aromatic N) is 4. The fraction of sp³-hybridized carbons (Fsp3) is 0.300. The third-order valence-electron chi connectivity index (χ3n) is 4.32. The highest BCUT2D eigenvalue weighted by Crippen LogP contribution is 2.20. The Kier molecular flexibility index (Phi) is 6.44. The van der Waals surface area contributed by atoms with Crippen LogP contribution in [0.3, 0.4) is 0 Å². The number of amides is 2. The summed E-state index contributed by atoms with van der Waals surface area (Å²) in [4.78, 5) is 32.4. The van der Waals surface area contributed by atoms with Gasteiger partial charge in [0, 0.05) is 25.0 Å². The van der Waals surface area contributed by atoms with Crippen LogP contribution >= 0.6 is 11.8 Å². The number of pyridine rings is 1. The van der Waals surface area contributed by atoms with E-state index in [1.807, 2.05) is 29.2 Å². The standard InChI is InChI=1S/C20H20N4O2S/c21-10-13-24(17-6-2-1-3-7-17)19(25)15-27-18-9-8-16(14-22-18)20(26)23-11-4-5-12-23/h1-3,6-9,14H,4-5,11-13,15H2. The third-order valence-corrected chi connectivity index (χ3v) is 5.25. The summed E-state index contributed by atoms with van der Waals surface area (Å²) in [6.45, 7) is 1.61. The van der Waals surface area contributed by atoms with E-state index in [2.05, 4.69) is 4.98 Å². The van der Waals surface area contributed by atoms with Crippen LogP contribution in [-0.4, -0.2) is 47.1 Å². The fourth-order valence-electron chi connectivity index (χ4n) is 2.91. The van der Waals surface area contributed by atoms with Gasteiger partial charge in [0.2, 0.25) is 5.91 Å². The van der Waals surface area contributed by atoms with E-state index in [0.29, 0.717) is 16.3 Å². The van der Waals surface area contributed by atoms with Crippen molar-refractivity contribution in [2.24, 2.45) is 0 Å². The molecule has 0 bridgehead atoms. The van der Waals surface area contributed by atoms with Crippen molar-refractivity contribution in [2.75, 3.05) is 30.3 Å². The number of rotatable bonds is 6. The third kappa shape index (κ3) is 4.86. The topological polar surface area (TPSA) is 77.3 Å². The summed E-state index contributed by atoms with van der Waals surface area (Å²) < 4.78 is 0. The second-order valence-corrected chi connectivity index (χ2v) is 7.14. The second-order valence-electron chi connectivity index (χ2n) is 6.15. The van der Waals surface area contributed by atoms with Gasteiger partial charge in [-0.15, -0.1) is 0 Å². The quantitative estimate of drug-likeness (QED) is 0.569. The predicted molar refractivity (Wildman–Crippen MR) is 105 cm³/mol. The first-order valence-electron chi connectivity index (χ1n) is 8.79. The molecule has 2 amide bonds. The van der Waals surface area contributed by atoms with Gasteiger partial charge in [-0.2, -0.15) is 5.26 Å². The van der Waals surface area contributed by atoms with E-state index < -0.39 is 0 Å². The molecule has 138 valence electrons. The SMILES string of the molecule is N#CCN(C(=O)CSc1ccc(C(=O)N2CCCC2)cn1)c1ccccc1. The lowest BCUT2D eigenvalue weighted by Gasteiger charge is -2.19. The maximum atomic E-state index is 12.5. The Morgan fingerprint density at radius 3 is 2.52 bits per heavy atom. The molecule has 0 radical (unpaired) electrons. The van der Waals surface area contributed by atoms with Crippen molar-refractivity contribution < 1.29 is 9.59 Å². The van der Waals surface area contributed by atoms with Crippen LogP contribution in [0.15, 0.2) is 53.7 Å². The molecule has 0 spiro atoms. The van der Waals surface area contributed by atoms with Crippen molar-refractivity contribution in [1.82, 2.24) is 9.88 Å². The molecule has 3 rings (SSSR count). The van der Waals surface area contributed by atoms with Crippen molar-refractivity contribution in [3.8, 4) is 6.07 Å². The molecule has 1 aromatic carbocycles. The average molecular weight is 380 g/mol. The smallest absolute Gasteiger partial charge is 0.255 e. The molecule has 0 atom stereocenters. The number of thioether (sulfide) groups is 1. The van der Waals surface area contributed by atoms with Crippen LogP contribution < -0.4 is 4.90 Å². The number of para-hydroxylation sites is 1. The molecule has 1 aliphatic rings. The number of likely N-dealkylation sites (tertiary alicyclic amines) is 1. The van der Waals surface area contributed by atoms with Crippen LogP contribution in [0.5, 0.6) is 0 Å². The van der Waals surface area contributed by atoms with Crippen LogP contribution in [0.4, 0.5) is 5.69 Å². The van der Waals surface area contributed by atoms with Gasteiger partial charge in [-0.05, 0) is 37.1 Å². The Morgan fingerprint density at radius 1 is 1.15 bits per heavy atom. The van der Waals surface area contributed by atoms with Crippen LogP contribution in [0.1, 0.15) is 23.2 Å². The van der Waals surface area contributed by atoms with Crippen LogP contribution in [0.25, 0.3) is 0 Å². The second kappa shape index (κ2) is 9.19. The number of hydrogen-bond donors (Lipinski definition) is 0. The zero-order valence-electron chi connectivity index (χ0n) is 14.9. The number of carbonyl (C=O) groups is 2. The van der Waals surface area contributed by atoms with Crippen LogP contribution in [-0.2, 0) is 4.79 Å². The Balaban J connectivity index is 1.59. The first-order chi connectivity index (χ1) is 13.2. The minimum atomic E-state index is -0.160. The van der Waals surface area contributed by atoms with E-state index in [9.17, 15) is 9.59 Å². The van der Waals surface area contributed by atoms with Gasteiger partial charge in [0.1, 0.15) is 6.54 Å². The van der Waals surface area contributed by atoms with Crippen molar-refractivity contribution >= 4 is 29.3 Å². The zero-order valence-corrected chi connectivity index (χ0v) is 15.7. The molecule has 0 aliphatic carbocycles. The van der Waals surface area contributed by atoms with E-state index in [1.54, 1.807) is 30.5 Å². The van der Waals surface area contributed by atoms with Gasteiger partial charge in [-0.3, -0.25) is 14.5 Å². The molecule has 0 saturated carbocycles. The lowest BCUT2D eigenvalue weighted by Crippen LogP contribution is -2.32. The maximum absolute atomic E-state index is 12.5. The zero-order chi connectivity index (χ0) is 19.1. The summed E-state index contributed by atoms with van der Waals surface area (Å²) in [5, 5.41) is 9.68. The van der Waals surface area contributed by atoms with Crippen molar-refractivity contribution in [2.45, 2.75) is 17.9 Å². The minimum Gasteiger partial charge on any atom is -0.339 e. The Bertz CT molecular complexity index is 827. The molecular formula is C20H20N4O2S. The number of carbonyl (C=O) groups excluding carboxylic acids is 2. The Morgan fingerprint density at radius 2 is 1.89 bits per heavy atom. The fourth-order valence-corrected chi connectivity index (χ4v) is 3.63. The highest BCUT2D eigenvalue weighted by atomic mass is 32.2. The van der Waals surface area contributed by atoms with E-state index in [1.165, 1.54) is 16.7 Å². The molecule has 2 aromatic rings. The molecule has 7 heteroatoms. The van der Waals surface area contributed by atoms with Crippen molar-refractivity contribution in [1.29, 1.82) is 5.26 Å². The van der Waals surface area contributed by atoms with E-state index in [4.69, 9.17) is 5.26 Å². The molecule has 1 saturated heterocycles. The normalized spacial score (nSPS) is 13.2. The summed E-state index contributed by atoms with van der Waals surface area (Å²) in [5.41, 5.74) is 1.27. The lowest BCUT2D eigenvalue weighted by atomic mass is 10.2. The Labute approximate surface area is 162 Å². The number of benzene rings is 1. The summed E-state index contributed by atoms with van der Waals surface area (Å²) in [6, 6.07) is 14.7. The first-order valence-corrected chi connectivity index (χ1v) is 9.78. The highest BCUT2D eigenvalue weighted by molar-refractivity contribution is 7.99. The van der Waals surface area contributed by atoms with Crippen LogP contribution in [0.2, 0.25) is 0 Å². The molecule has 1 aromatic heterocycles. The molecule has 1 aliphatic heterocycles. The van der Waals surface area contributed by atoms with Gasteiger partial charge in [0.05, 0.1) is 22.4 Å². The predicted octanol–water partition coefficient (Wildman–Crippen LogP) is 2.97. The largest absolute Gasteiger partial charge is 0.339 e. The van der Waals surface area contributed by atoms with Gasteiger partial charge in [0.25, 0.3) is 5.91 Å². The van der Waals surface area contributed by atoms with E-state index in [0.717, 1.165) is 25.9 Å². The first kappa shape index (κ1) is 18.9. The average Bonchev–Trinajstić information content (AvgIpc) is 3.25. The lowest BCUT2D eigenvalue weighted by molar-refractivity contribution is -0.116. The van der Waals surface area contributed by atoms with Gasteiger partial charge < -0.3 is 4.90 Å². The molecule has 1 fully saturated rings. The number of aromatic nitrogens is 1. The molecule has 0 unspecified atom stereocenters. The summed E-state index contributed by atoms with van der Waals surface area (Å²) in [7, 11) is 0. The molecule has 0 N–H and O–H groups in total. The number of anilines is 1. The van der Waals surface area contributed by atoms with Gasteiger partial charge in [-0.25, -0.2) is 4.98 Å². The van der Waals surface area contributed by atoms with E-state index >= 15 is 0 Å². The molecule has 2 heterocycles. The summed E-state index contributed by atoms with van der Waals surface area (Å²) in [5.74, 6) is 0.0203. The van der Waals surface area contributed by atoms with Gasteiger partial charge in [-0.1, -0.05) is 30.0 Å².